The fourth-order valence-corrected chi connectivity index (χ4v) is 4.12. The quantitative estimate of drug-likeness (QED) is 0.460. The Morgan fingerprint density at radius 1 is 1.04 bits per heavy atom. The lowest BCUT2D eigenvalue weighted by Crippen LogP contribution is -2.57. The highest BCUT2D eigenvalue weighted by molar-refractivity contribution is 7.57. The number of halogens is 2. The summed E-state index contributed by atoms with van der Waals surface area (Å²) >= 11 is 0. The van der Waals surface area contributed by atoms with E-state index in [1.807, 2.05) is 0 Å². The number of aliphatic hydroxyl groups excluding tert-OH is 4. The van der Waals surface area contributed by atoms with Gasteiger partial charge in [-0.3, -0.25) is 4.57 Å². The zero-order chi connectivity index (χ0) is 18.1. The van der Waals surface area contributed by atoms with E-state index in [9.17, 15) is 38.7 Å². The lowest BCUT2D eigenvalue weighted by atomic mass is 9.97. The minimum atomic E-state index is -4.01. The molecule has 10 heteroatoms. The van der Waals surface area contributed by atoms with Gasteiger partial charge in [0.2, 0.25) is 7.37 Å². The summed E-state index contributed by atoms with van der Waals surface area (Å²) < 4.78 is 44.2. The summed E-state index contributed by atoms with van der Waals surface area (Å²) in [5.41, 5.74) is -0.510. The van der Waals surface area contributed by atoms with Crippen LogP contribution in [0, 0.1) is 11.6 Å². The molecular formula is C14H19F2O7P. The standard InChI is InChI=1S/C14H19F2O7P/c15-8-2-1-3-9(16)7(8)6-24(21,22)5-4-10-11(17)12(18)13(19)14(20)23-10/h1-3,10-14,17-20H,4-6H2,(H,21,22)/t10-,11-,12+,13+,14+/m1/s1. The Morgan fingerprint density at radius 3 is 2.21 bits per heavy atom. The van der Waals surface area contributed by atoms with Gasteiger partial charge in [-0.25, -0.2) is 8.78 Å². The first-order valence-electron chi connectivity index (χ1n) is 7.24. The van der Waals surface area contributed by atoms with Crippen molar-refractivity contribution in [3.05, 3.63) is 35.4 Å². The minimum Gasteiger partial charge on any atom is -0.388 e. The number of aliphatic hydroxyl groups is 4. The first kappa shape index (κ1) is 19.4. The Kier molecular flexibility index (Phi) is 6.09. The number of ether oxygens (including phenoxy) is 1. The first-order valence-corrected chi connectivity index (χ1v) is 9.27. The highest BCUT2D eigenvalue weighted by Crippen LogP contribution is 2.46. The van der Waals surface area contributed by atoms with Crippen molar-refractivity contribution in [1.82, 2.24) is 0 Å². The van der Waals surface area contributed by atoms with Crippen molar-refractivity contribution in [2.24, 2.45) is 0 Å². The molecule has 0 spiro atoms. The van der Waals surface area contributed by atoms with E-state index in [1.54, 1.807) is 0 Å². The third-order valence-corrected chi connectivity index (χ3v) is 5.68. The fraction of sp³-hybridized carbons (Fsp3) is 0.571. The number of hydrogen-bond donors (Lipinski definition) is 5. The molecule has 1 saturated heterocycles. The monoisotopic (exact) mass is 368 g/mol. The molecule has 6 atom stereocenters. The summed E-state index contributed by atoms with van der Waals surface area (Å²) in [6, 6.07) is 3.08. The van der Waals surface area contributed by atoms with Gasteiger partial charge in [0.15, 0.2) is 6.29 Å². The smallest absolute Gasteiger partial charge is 0.205 e. The van der Waals surface area contributed by atoms with Gasteiger partial charge >= 0.3 is 0 Å². The van der Waals surface area contributed by atoms with E-state index in [0.29, 0.717) is 0 Å². The van der Waals surface area contributed by atoms with Crippen LogP contribution < -0.4 is 0 Å². The van der Waals surface area contributed by atoms with Crippen molar-refractivity contribution < 1.29 is 43.4 Å². The molecule has 1 aliphatic rings. The van der Waals surface area contributed by atoms with Gasteiger partial charge in [0, 0.05) is 11.7 Å². The van der Waals surface area contributed by atoms with Crippen molar-refractivity contribution in [3.8, 4) is 0 Å². The molecule has 0 bridgehead atoms. The molecule has 136 valence electrons. The third kappa shape index (κ3) is 4.37. The number of benzene rings is 1. The van der Waals surface area contributed by atoms with E-state index >= 15 is 0 Å². The van der Waals surface area contributed by atoms with Crippen LogP contribution in [0.5, 0.6) is 0 Å². The molecule has 1 unspecified atom stereocenters. The molecule has 0 saturated carbocycles. The van der Waals surface area contributed by atoms with E-state index in [2.05, 4.69) is 0 Å². The van der Waals surface area contributed by atoms with Crippen LogP contribution in [0.1, 0.15) is 12.0 Å². The van der Waals surface area contributed by atoms with Gasteiger partial charge in [-0.1, -0.05) is 6.07 Å². The largest absolute Gasteiger partial charge is 0.388 e. The molecule has 1 aromatic rings. The van der Waals surface area contributed by atoms with Crippen LogP contribution in [0.25, 0.3) is 0 Å². The molecule has 5 N–H and O–H groups in total. The zero-order valence-electron chi connectivity index (χ0n) is 12.5. The minimum absolute atomic E-state index is 0.258. The molecule has 0 aromatic heterocycles. The maximum atomic E-state index is 13.6. The molecule has 1 heterocycles. The van der Waals surface area contributed by atoms with Gasteiger partial charge < -0.3 is 30.1 Å². The predicted molar refractivity (Wildman–Crippen MR) is 78.3 cm³/mol. The van der Waals surface area contributed by atoms with Crippen molar-refractivity contribution in [2.45, 2.75) is 43.3 Å². The first-order chi connectivity index (χ1) is 11.1. The van der Waals surface area contributed by atoms with Gasteiger partial charge in [-0.15, -0.1) is 0 Å². The normalized spacial score (nSPS) is 33.2. The lowest BCUT2D eigenvalue weighted by molar-refractivity contribution is -0.281. The summed E-state index contributed by atoms with van der Waals surface area (Å²) in [5, 5.41) is 38.1. The van der Waals surface area contributed by atoms with Gasteiger partial charge in [0.1, 0.15) is 29.9 Å². The van der Waals surface area contributed by atoms with Gasteiger partial charge in [0.25, 0.3) is 0 Å². The molecule has 7 nitrogen and oxygen atoms in total. The second-order valence-electron chi connectivity index (χ2n) is 5.75. The van der Waals surface area contributed by atoms with Crippen molar-refractivity contribution >= 4 is 7.37 Å². The van der Waals surface area contributed by atoms with Crippen molar-refractivity contribution in [2.75, 3.05) is 6.16 Å². The molecule has 1 aliphatic heterocycles. The molecule has 0 aliphatic carbocycles. The van der Waals surface area contributed by atoms with Crippen molar-refractivity contribution in [1.29, 1.82) is 0 Å². The topological polar surface area (TPSA) is 127 Å². The summed E-state index contributed by atoms with van der Waals surface area (Å²) in [6.45, 7) is 0. The Morgan fingerprint density at radius 2 is 1.62 bits per heavy atom. The molecule has 0 amide bonds. The van der Waals surface area contributed by atoms with E-state index in [1.165, 1.54) is 0 Å². The highest BCUT2D eigenvalue weighted by Gasteiger charge is 2.43. The zero-order valence-corrected chi connectivity index (χ0v) is 13.4. The summed E-state index contributed by atoms with van der Waals surface area (Å²) in [5.74, 6) is -1.88. The molecular weight excluding hydrogens is 349 g/mol. The second kappa shape index (κ2) is 7.53. The SMILES string of the molecule is O=P(O)(CC[C@H]1O[C@H](O)[C@@H](O)[C@@H](O)[C@@H]1O)Cc1c(F)cccc1F. The Bertz CT molecular complexity index is 609. The van der Waals surface area contributed by atoms with Crippen LogP contribution in [0.15, 0.2) is 18.2 Å². The van der Waals surface area contributed by atoms with Crippen LogP contribution in [0.4, 0.5) is 8.78 Å². The van der Waals surface area contributed by atoms with Crippen molar-refractivity contribution in [3.63, 3.8) is 0 Å². The predicted octanol–water partition coefficient (Wildman–Crippen LogP) is -0.0748. The highest BCUT2D eigenvalue weighted by atomic mass is 31.2. The van der Waals surface area contributed by atoms with Crippen LogP contribution in [0.2, 0.25) is 0 Å². The Hall–Kier alpha value is -0.930. The van der Waals surface area contributed by atoms with Gasteiger partial charge in [-0.2, -0.15) is 0 Å². The second-order valence-corrected chi connectivity index (χ2v) is 8.21. The maximum Gasteiger partial charge on any atom is 0.205 e. The number of rotatable bonds is 5. The van der Waals surface area contributed by atoms with E-state index in [0.717, 1.165) is 18.2 Å². The summed E-state index contributed by atoms with van der Waals surface area (Å²) in [6.07, 6.45) is -9.37. The summed E-state index contributed by atoms with van der Waals surface area (Å²) in [4.78, 5) is 9.93. The molecule has 24 heavy (non-hydrogen) atoms. The fourth-order valence-electron chi connectivity index (χ4n) is 2.51. The van der Waals surface area contributed by atoms with E-state index in [-0.39, 0.29) is 6.42 Å². The van der Waals surface area contributed by atoms with Crippen LogP contribution in [-0.2, 0) is 15.5 Å². The van der Waals surface area contributed by atoms with Crippen LogP contribution in [0.3, 0.4) is 0 Å². The molecule has 1 fully saturated rings. The average Bonchev–Trinajstić information content (AvgIpc) is 2.51. The Balaban J connectivity index is 2.01. The maximum absolute atomic E-state index is 13.6. The molecule has 2 rings (SSSR count). The molecule has 0 radical (unpaired) electrons. The number of hydrogen-bond acceptors (Lipinski definition) is 6. The van der Waals surface area contributed by atoms with Crippen LogP contribution >= 0.6 is 7.37 Å². The van der Waals surface area contributed by atoms with Crippen LogP contribution in [-0.4, -0.2) is 62.2 Å². The Labute approximate surface area is 136 Å². The average molecular weight is 368 g/mol. The van der Waals surface area contributed by atoms with Gasteiger partial charge in [0.05, 0.1) is 12.3 Å². The summed E-state index contributed by atoms with van der Waals surface area (Å²) in [7, 11) is -4.01. The van der Waals surface area contributed by atoms with Gasteiger partial charge in [-0.05, 0) is 18.6 Å². The van der Waals surface area contributed by atoms with E-state index < -0.39 is 67.6 Å². The lowest BCUT2D eigenvalue weighted by Gasteiger charge is -2.38. The third-order valence-electron chi connectivity index (χ3n) is 3.92. The molecule has 1 aromatic carbocycles. The van der Waals surface area contributed by atoms with E-state index in [4.69, 9.17) is 4.74 Å².